The molecule has 0 atom stereocenters. The van der Waals surface area contributed by atoms with Crippen molar-refractivity contribution in [3.8, 4) is 0 Å². The van der Waals surface area contributed by atoms with E-state index in [2.05, 4.69) is 35.3 Å². The first kappa shape index (κ1) is 7.29. The number of aliphatic imine (C=N–C) groups is 1. The van der Waals surface area contributed by atoms with Crippen molar-refractivity contribution in [2.45, 2.75) is 6.42 Å². The quantitative estimate of drug-likeness (QED) is 0.624. The summed E-state index contributed by atoms with van der Waals surface area (Å²) in [4.78, 5) is 4.14. The second-order valence-electron chi connectivity index (χ2n) is 2.98. The van der Waals surface area contributed by atoms with Crippen molar-refractivity contribution in [2.24, 2.45) is 4.99 Å². The van der Waals surface area contributed by atoms with E-state index >= 15 is 0 Å². The van der Waals surface area contributed by atoms with Crippen LogP contribution in [-0.2, 0) is 6.42 Å². The molecule has 2 rings (SSSR count). The molecular weight excluding hydrogens is 146 g/mol. The zero-order chi connectivity index (χ0) is 8.23. The molecule has 0 spiro atoms. The van der Waals surface area contributed by atoms with Crippen LogP contribution < -0.4 is 0 Å². The van der Waals surface area contributed by atoms with Crippen LogP contribution in [0.1, 0.15) is 5.56 Å². The topological polar surface area (TPSA) is 12.4 Å². The minimum atomic E-state index is 0.884. The van der Waals surface area contributed by atoms with Crippen molar-refractivity contribution in [3.05, 3.63) is 47.5 Å². The molecule has 60 valence electrons. The Balaban J connectivity index is 2.05. The Bertz CT molecular complexity index is 309. The van der Waals surface area contributed by atoms with Crippen LogP contribution in [-0.4, -0.2) is 12.8 Å². The summed E-state index contributed by atoms with van der Waals surface area (Å²) in [7, 11) is 0. The monoisotopic (exact) mass is 157 g/mol. The first-order chi connectivity index (χ1) is 5.95. The van der Waals surface area contributed by atoms with Crippen LogP contribution in [0.5, 0.6) is 0 Å². The summed E-state index contributed by atoms with van der Waals surface area (Å²) in [6.07, 6.45) is 5.03. The summed E-state index contributed by atoms with van der Waals surface area (Å²) in [6, 6.07) is 10.5. The minimum absolute atomic E-state index is 0.884. The van der Waals surface area contributed by atoms with Crippen molar-refractivity contribution >= 4 is 6.21 Å². The second-order valence-corrected chi connectivity index (χ2v) is 2.98. The maximum atomic E-state index is 4.14. The Labute approximate surface area is 72.5 Å². The van der Waals surface area contributed by atoms with E-state index in [-0.39, 0.29) is 0 Å². The Morgan fingerprint density at radius 3 is 2.67 bits per heavy atom. The molecule has 0 radical (unpaired) electrons. The van der Waals surface area contributed by atoms with Crippen LogP contribution in [0, 0.1) is 0 Å². The Morgan fingerprint density at radius 1 is 1.17 bits per heavy atom. The largest absolute Gasteiger partial charge is 0.289 e. The summed E-state index contributed by atoms with van der Waals surface area (Å²) < 4.78 is 0. The third-order valence-electron chi connectivity index (χ3n) is 1.98. The van der Waals surface area contributed by atoms with Crippen molar-refractivity contribution in [1.82, 2.24) is 0 Å². The van der Waals surface area contributed by atoms with E-state index in [9.17, 15) is 0 Å². The Hall–Kier alpha value is -1.37. The van der Waals surface area contributed by atoms with E-state index in [1.165, 1.54) is 11.1 Å². The molecule has 12 heavy (non-hydrogen) atoms. The summed E-state index contributed by atoms with van der Waals surface area (Å²) in [5.74, 6) is 0. The molecule has 0 amide bonds. The SMILES string of the molecule is C1=NCC(Cc2ccccc2)=C1. The predicted octanol–water partition coefficient (Wildman–Crippen LogP) is 2.24. The molecule has 1 aliphatic rings. The van der Waals surface area contributed by atoms with Gasteiger partial charge in [0.15, 0.2) is 0 Å². The van der Waals surface area contributed by atoms with Gasteiger partial charge in [0, 0.05) is 6.21 Å². The van der Waals surface area contributed by atoms with Gasteiger partial charge in [-0.2, -0.15) is 0 Å². The van der Waals surface area contributed by atoms with E-state index in [4.69, 9.17) is 0 Å². The summed E-state index contributed by atoms with van der Waals surface area (Å²) in [6.45, 7) is 0.884. The average Bonchev–Trinajstić information content (AvgIpc) is 2.59. The highest BCUT2D eigenvalue weighted by atomic mass is 14.7. The third-order valence-corrected chi connectivity index (χ3v) is 1.98. The average molecular weight is 157 g/mol. The molecular formula is C11H11N. The fraction of sp³-hybridized carbons (Fsp3) is 0.182. The number of rotatable bonds is 2. The van der Waals surface area contributed by atoms with Crippen LogP contribution in [0.25, 0.3) is 0 Å². The summed E-state index contributed by atoms with van der Waals surface area (Å²) in [5, 5.41) is 0. The highest BCUT2D eigenvalue weighted by Gasteiger charge is 2.00. The first-order valence-electron chi connectivity index (χ1n) is 4.17. The smallest absolute Gasteiger partial charge is 0.0606 e. The molecule has 0 bridgehead atoms. The maximum Gasteiger partial charge on any atom is 0.0606 e. The van der Waals surface area contributed by atoms with Gasteiger partial charge in [0.1, 0.15) is 0 Å². The zero-order valence-electron chi connectivity index (χ0n) is 6.90. The lowest BCUT2D eigenvalue weighted by atomic mass is 10.1. The molecule has 0 saturated heterocycles. The zero-order valence-corrected chi connectivity index (χ0v) is 6.90. The minimum Gasteiger partial charge on any atom is -0.289 e. The standard InChI is InChI=1S/C11H11N/c1-2-4-10(5-3-1)8-11-6-7-12-9-11/h1-7H,8-9H2. The Morgan fingerprint density at radius 2 is 2.00 bits per heavy atom. The highest BCUT2D eigenvalue weighted by Crippen LogP contribution is 2.09. The highest BCUT2D eigenvalue weighted by molar-refractivity contribution is 5.75. The predicted molar refractivity (Wildman–Crippen MR) is 51.6 cm³/mol. The van der Waals surface area contributed by atoms with Gasteiger partial charge in [-0.05, 0) is 23.6 Å². The third kappa shape index (κ3) is 1.62. The van der Waals surface area contributed by atoms with Crippen molar-refractivity contribution in [3.63, 3.8) is 0 Å². The van der Waals surface area contributed by atoms with Crippen LogP contribution in [0.15, 0.2) is 47.0 Å². The van der Waals surface area contributed by atoms with Crippen molar-refractivity contribution in [2.75, 3.05) is 6.54 Å². The maximum absolute atomic E-state index is 4.14. The van der Waals surface area contributed by atoms with E-state index in [0.29, 0.717) is 0 Å². The van der Waals surface area contributed by atoms with Crippen LogP contribution >= 0.6 is 0 Å². The second kappa shape index (κ2) is 3.35. The molecule has 1 heterocycles. The summed E-state index contributed by atoms with van der Waals surface area (Å²) in [5.41, 5.74) is 2.77. The van der Waals surface area contributed by atoms with Gasteiger partial charge in [0.05, 0.1) is 6.54 Å². The van der Waals surface area contributed by atoms with E-state index < -0.39 is 0 Å². The molecule has 0 unspecified atom stereocenters. The molecule has 0 fully saturated rings. The first-order valence-corrected chi connectivity index (χ1v) is 4.17. The molecule has 0 aromatic heterocycles. The molecule has 1 aromatic rings. The van der Waals surface area contributed by atoms with Crippen LogP contribution in [0.2, 0.25) is 0 Å². The van der Waals surface area contributed by atoms with Gasteiger partial charge in [-0.25, -0.2) is 0 Å². The number of allylic oxidation sites excluding steroid dienone is 1. The van der Waals surface area contributed by atoms with Crippen LogP contribution in [0.3, 0.4) is 0 Å². The molecule has 0 N–H and O–H groups in total. The molecule has 1 aromatic carbocycles. The van der Waals surface area contributed by atoms with Gasteiger partial charge in [0.2, 0.25) is 0 Å². The lowest BCUT2D eigenvalue weighted by Crippen LogP contribution is -1.90. The lowest BCUT2D eigenvalue weighted by molar-refractivity contribution is 1.06. The van der Waals surface area contributed by atoms with Gasteiger partial charge in [-0.3, -0.25) is 4.99 Å². The van der Waals surface area contributed by atoms with E-state index in [1.54, 1.807) is 0 Å². The molecule has 1 aliphatic heterocycles. The van der Waals surface area contributed by atoms with Crippen LogP contribution in [0.4, 0.5) is 0 Å². The van der Waals surface area contributed by atoms with Gasteiger partial charge in [0.25, 0.3) is 0 Å². The van der Waals surface area contributed by atoms with E-state index in [0.717, 1.165) is 13.0 Å². The van der Waals surface area contributed by atoms with Crippen molar-refractivity contribution in [1.29, 1.82) is 0 Å². The number of hydrogen-bond acceptors (Lipinski definition) is 1. The number of hydrogen-bond donors (Lipinski definition) is 0. The van der Waals surface area contributed by atoms with Gasteiger partial charge >= 0.3 is 0 Å². The fourth-order valence-corrected chi connectivity index (χ4v) is 1.35. The molecule has 1 heteroatoms. The number of benzene rings is 1. The van der Waals surface area contributed by atoms with Gasteiger partial charge < -0.3 is 0 Å². The number of nitrogens with zero attached hydrogens (tertiary/aromatic N) is 1. The molecule has 0 aliphatic carbocycles. The normalized spacial score (nSPS) is 14.8. The van der Waals surface area contributed by atoms with E-state index in [1.807, 2.05) is 12.3 Å². The molecule has 1 nitrogen and oxygen atoms in total. The van der Waals surface area contributed by atoms with Gasteiger partial charge in [-0.15, -0.1) is 0 Å². The van der Waals surface area contributed by atoms with Crippen molar-refractivity contribution < 1.29 is 0 Å². The molecule has 0 saturated carbocycles. The fourth-order valence-electron chi connectivity index (χ4n) is 1.35. The van der Waals surface area contributed by atoms with Gasteiger partial charge in [-0.1, -0.05) is 30.3 Å². The Kier molecular flexibility index (Phi) is 2.04. The lowest BCUT2D eigenvalue weighted by Gasteiger charge is -1.99. The summed E-state index contributed by atoms with van der Waals surface area (Å²) >= 11 is 0.